The van der Waals surface area contributed by atoms with Crippen molar-refractivity contribution in [1.82, 2.24) is 9.78 Å². The largest absolute Gasteiger partial charge is 0.388 e. The highest BCUT2D eigenvalue weighted by Gasteiger charge is 2.16. The highest BCUT2D eigenvalue weighted by molar-refractivity contribution is 6.42. The fraction of sp³-hybridized carbons (Fsp3) is 0.400. The van der Waals surface area contributed by atoms with Gasteiger partial charge in [-0.25, -0.2) is 0 Å². The molecule has 1 unspecified atom stereocenters. The zero-order valence-electron chi connectivity index (χ0n) is 11.8. The van der Waals surface area contributed by atoms with Crippen LogP contribution in [-0.4, -0.2) is 14.9 Å². The number of aliphatic hydroxyl groups is 1. The molecule has 1 aromatic carbocycles. The molecule has 5 heteroatoms. The number of aryl methyl sites for hydroxylation is 2. The molecule has 108 valence electrons. The Balaban J connectivity index is 2.13. The van der Waals surface area contributed by atoms with Gasteiger partial charge in [0.15, 0.2) is 0 Å². The van der Waals surface area contributed by atoms with Crippen LogP contribution in [-0.2, 0) is 13.5 Å². The number of aromatic nitrogens is 2. The molecule has 1 atom stereocenters. The summed E-state index contributed by atoms with van der Waals surface area (Å²) < 4.78 is 1.86. The highest BCUT2D eigenvalue weighted by Crippen LogP contribution is 2.32. The van der Waals surface area contributed by atoms with Crippen LogP contribution in [0.25, 0.3) is 0 Å². The molecular weight excluding hydrogens is 295 g/mol. The average Bonchev–Trinajstić information content (AvgIpc) is 2.64. The Morgan fingerprint density at radius 3 is 2.60 bits per heavy atom. The van der Waals surface area contributed by atoms with E-state index in [2.05, 4.69) is 5.10 Å². The van der Waals surface area contributed by atoms with Crippen LogP contribution in [0.5, 0.6) is 0 Å². The zero-order valence-corrected chi connectivity index (χ0v) is 13.3. The van der Waals surface area contributed by atoms with Gasteiger partial charge in [0, 0.05) is 18.3 Å². The third kappa shape index (κ3) is 3.00. The maximum Gasteiger partial charge on any atom is 0.0808 e. The summed E-state index contributed by atoms with van der Waals surface area (Å²) in [5, 5.41) is 15.6. The van der Waals surface area contributed by atoms with Crippen molar-refractivity contribution >= 4 is 23.2 Å². The van der Waals surface area contributed by atoms with Crippen LogP contribution in [0, 0.1) is 13.8 Å². The van der Waals surface area contributed by atoms with Gasteiger partial charge in [-0.05, 0) is 38.3 Å². The number of rotatable bonds is 4. The maximum atomic E-state index is 10.3. The lowest BCUT2D eigenvalue weighted by atomic mass is 10.0. The van der Waals surface area contributed by atoms with Gasteiger partial charge in [-0.15, -0.1) is 0 Å². The second-order valence-electron chi connectivity index (χ2n) is 4.97. The van der Waals surface area contributed by atoms with Crippen molar-refractivity contribution in [3.8, 4) is 0 Å². The van der Waals surface area contributed by atoms with E-state index < -0.39 is 6.10 Å². The number of benzene rings is 1. The van der Waals surface area contributed by atoms with E-state index in [1.807, 2.05) is 31.6 Å². The Labute approximate surface area is 129 Å². The average molecular weight is 313 g/mol. The summed E-state index contributed by atoms with van der Waals surface area (Å²) in [7, 11) is 1.93. The number of hydrogen-bond acceptors (Lipinski definition) is 2. The first-order valence-corrected chi connectivity index (χ1v) is 7.28. The second kappa shape index (κ2) is 6.17. The molecule has 0 fully saturated rings. The molecule has 3 nitrogen and oxygen atoms in total. The Hall–Kier alpha value is -1.03. The molecule has 0 aliphatic carbocycles. The summed E-state index contributed by atoms with van der Waals surface area (Å²) in [4.78, 5) is 0. The van der Waals surface area contributed by atoms with E-state index in [1.54, 1.807) is 12.1 Å². The Morgan fingerprint density at radius 1 is 1.30 bits per heavy atom. The monoisotopic (exact) mass is 312 g/mol. The van der Waals surface area contributed by atoms with E-state index in [0.29, 0.717) is 22.0 Å². The van der Waals surface area contributed by atoms with E-state index in [0.717, 1.165) is 17.8 Å². The summed E-state index contributed by atoms with van der Waals surface area (Å²) >= 11 is 12.1. The minimum Gasteiger partial charge on any atom is -0.388 e. The Bertz CT molecular complexity index is 623. The summed E-state index contributed by atoms with van der Waals surface area (Å²) in [5.41, 5.74) is 4.00. The van der Waals surface area contributed by atoms with Crippen LogP contribution in [0.1, 0.15) is 35.0 Å². The summed E-state index contributed by atoms with van der Waals surface area (Å²) in [6, 6.07) is 5.32. The van der Waals surface area contributed by atoms with Crippen LogP contribution in [0.15, 0.2) is 18.2 Å². The van der Waals surface area contributed by atoms with Crippen molar-refractivity contribution in [2.24, 2.45) is 7.05 Å². The minimum absolute atomic E-state index is 0.432. The number of hydrogen-bond donors (Lipinski definition) is 1. The summed E-state index contributed by atoms with van der Waals surface area (Å²) in [5.74, 6) is 0. The molecule has 1 aromatic heterocycles. The molecule has 0 bridgehead atoms. The van der Waals surface area contributed by atoms with Crippen LogP contribution >= 0.6 is 23.2 Å². The summed E-state index contributed by atoms with van der Waals surface area (Å²) in [6.45, 7) is 4.02. The molecule has 1 heterocycles. The van der Waals surface area contributed by atoms with Crippen molar-refractivity contribution in [2.45, 2.75) is 32.8 Å². The highest BCUT2D eigenvalue weighted by atomic mass is 35.5. The molecule has 0 spiro atoms. The lowest BCUT2D eigenvalue weighted by Gasteiger charge is -2.13. The first kappa shape index (κ1) is 15.4. The van der Waals surface area contributed by atoms with Gasteiger partial charge in [0.25, 0.3) is 0 Å². The first-order valence-electron chi connectivity index (χ1n) is 6.53. The molecule has 0 aliphatic rings. The van der Waals surface area contributed by atoms with Crippen LogP contribution in [0.2, 0.25) is 10.0 Å². The van der Waals surface area contributed by atoms with E-state index in [4.69, 9.17) is 23.2 Å². The molecule has 1 N–H and O–H groups in total. The van der Waals surface area contributed by atoms with Gasteiger partial charge in [-0.3, -0.25) is 4.68 Å². The topological polar surface area (TPSA) is 38.0 Å². The van der Waals surface area contributed by atoms with Crippen LogP contribution in [0.4, 0.5) is 0 Å². The normalized spacial score (nSPS) is 12.7. The molecule has 2 rings (SSSR count). The molecule has 0 radical (unpaired) electrons. The van der Waals surface area contributed by atoms with Crippen molar-refractivity contribution in [3.63, 3.8) is 0 Å². The van der Waals surface area contributed by atoms with Crippen molar-refractivity contribution < 1.29 is 5.11 Å². The van der Waals surface area contributed by atoms with Gasteiger partial charge in [-0.1, -0.05) is 35.3 Å². The Kier molecular flexibility index (Phi) is 4.74. The quantitative estimate of drug-likeness (QED) is 0.926. The van der Waals surface area contributed by atoms with E-state index in [1.165, 1.54) is 5.56 Å². The molecule has 2 aromatic rings. The Morgan fingerprint density at radius 2 is 2.00 bits per heavy atom. The minimum atomic E-state index is -0.625. The van der Waals surface area contributed by atoms with Crippen LogP contribution in [0.3, 0.4) is 0 Å². The van der Waals surface area contributed by atoms with Gasteiger partial charge in [0.05, 0.1) is 21.8 Å². The molecule has 0 aliphatic heterocycles. The number of nitrogens with zero attached hydrogens (tertiary/aromatic N) is 2. The predicted molar refractivity (Wildman–Crippen MR) is 82.4 cm³/mol. The van der Waals surface area contributed by atoms with Crippen molar-refractivity contribution in [3.05, 3.63) is 50.8 Å². The van der Waals surface area contributed by atoms with Gasteiger partial charge >= 0.3 is 0 Å². The molecule has 0 saturated heterocycles. The van der Waals surface area contributed by atoms with Crippen molar-refractivity contribution in [1.29, 1.82) is 0 Å². The molecule has 0 saturated carbocycles. The fourth-order valence-electron chi connectivity index (χ4n) is 2.39. The lowest BCUT2D eigenvalue weighted by molar-refractivity contribution is 0.168. The van der Waals surface area contributed by atoms with Gasteiger partial charge < -0.3 is 5.11 Å². The molecule has 20 heavy (non-hydrogen) atoms. The molecular formula is C15H18Cl2N2O. The smallest absolute Gasteiger partial charge is 0.0808 e. The fourth-order valence-corrected chi connectivity index (χ4v) is 2.83. The van der Waals surface area contributed by atoms with Gasteiger partial charge in [-0.2, -0.15) is 5.10 Å². The van der Waals surface area contributed by atoms with Crippen LogP contribution < -0.4 is 0 Å². The predicted octanol–water partition coefficient (Wildman–Crippen LogP) is 4.01. The lowest BCUT2D eigenvalue weighted by Crippen LogP contribution is -2.02. The van der Waals surface area contributed by atoms with E-state index in [9.17, 15) is 5.11 Å². The number of halogens is 2. The van der Waals surface area contributed by atoms with Crippen molar-refractivity contribution in [2.75, 3.05) is 0 Å². The first-order chi connectivity index (χ1) is 9.41. The standard InChI is InChI=1S/C15H18Cl2N2O/c1-9-11(10(2)19(3)18-9)7-8-14(20)12-5-4-6-13(16)15(12)17/h4-6,14,20H,7-8H2,1-3H3. The van der Waals surface area contributed by atoms with Gasteiger partial charge in [0.1, 0.15) is 0 Å². The SMILES string of the molecule is Cc1nn(C)c(C)c1CCC(O)c1cccc(Cl)c1Cl. The molecule has 0 amide bonds. The van der Waals surface area contributed by atoms with Gasteiger partial charge in [0.2, 0.25) is 0 Å². The van der Waals surface area contributed by atoms with E-state index in [-0.39, 0.29) is 0 Å². The third-order valence-corrected chi connectivity index (χ3v) is 4.50. The van der Waals surface area contributed by atoms with E-state index >= 15 is 0 Å². The second-order valence-corrected chi connectivity index (χ2v) is 5.76. The zero-order chi connectivity index (χ0) is 14.9. The maximum absolute atomic E-state index is 10.3. The number of aliphatic hydroxyl groups excluding tert-OH is 1. The summed E-state index contributed by atoms with van der Waals surface area (Å²) in [6.07, 6.45) is 0.725. The third-order valence-electron chi connectivity index (χ3n) is 3.67.